The van der Waals surface area contributed by atoms with Gasteiger partial charge in [0.25, 0.3) is 11.6 Å². The van der Waals surface area contributed by atoms with Crippen LogP contribution in [0, 0.1) is 10.1 Å². The van der Waals surface area contributed by atoms with E-state index < -0.39 is 17.0 Å². The zero-order valence-corrected chi connectivity index (χ0v) is 17.2. The quantitative estimate of drug-likeness (QED) is 0.274. The average molecular weight is 415 g/mol. The molecule has 0 saturated carbocycles. The Bertz CT molecular complexity index is 888. The molecule has 0 aliphatic carbocycles. The van der Waals surface area contributed by atoms with Crippen molar-refractivity contribution in [2.45, 2.75) is 20.0 Å². The number of nitro benzene ring substituents is 1. The van der Waals surface area contributed by atoms with Gasteiger partial charge in [-0.15, -0.1) is 0 Å². The zero-order chi connectivity index (χ0) is 22.1. The van der Waals surface area contributed by atoms with Crippen molar-refractivity contribution in [3.63, 3.8) is 0 Å². The summed E-state index contributed by atoms with van der Waals surface area (Å²) >= 11 is 0. The Morgan fingerprint density at radius 2 is 1.90 bits per heavy atom. The van der Waals surface area contributed by atoms with Crippen LogP contribution in [0.3, 0.4) is 0 Å². The number of nitrogens with one attached hydrogen (secondary N) is 1. The van der Waals surface area contributed by atoms with E-state index >= 15 is 0 Å². The summed E-state index contributed by atoms with van der Waals surface area (Å²) in [5.74, 6) is -1.20. The zero-order valence-electron chi connectivity index (χ0n) is 17.2. The molecule has 1 amide bonds. The predicted molar refractivity (Wildman–Crippen MR) is 113 cm³/mol. The normalized spacial score (nSPS) is 11.4. The molecule has 0 radical (unpaired) electrons. The molecule has 0 aromatic heterocycles. The lowest BCUT2D eigenvalue weighted by molar-refractivity contribution is -0.384. The second kappa shape index (κ2) is 10.9. The molecule has 30 heavy (non-hydrogen) atoms. The Labute approximate surface area is 174 Å². The molecule has 0 bridgehead atoms. The molecule has 2 rings (SSSR count). The maximum absolute atomic E-state index is 12.7. The van der Waals surface area contributed by atoms with Gasteiger partial charge in [-0.1, -0.05) is 18.2 Å². The van der Waals surface area contributed by atoms with Crippen LogP contribution in [-0.4, -0.2) is 49.7 Å². The fraction of sp³-hybridized carbons (Fsp3) is 0.333. The maximum atomic E-state index is 12.7. The van der Waals surface area contributed by atoms with E-state index in [4.69, 9.17) is 9.47 Å². The Balaban J connectivity index is 2.13. The highest BCUT2D eigenvalue weighted by molar-refractivity contribution is 5.99. The fourth-order valence-electron chi connectivity index (χ4n) is 2.82. The van der Waals surface area contributed by atoms with E-state index in [1.807, 2.05) is 25.1 Å². The van der Waals surface area contributed by atoms with E-state index in [-0.39, 0.29) is 22.8 Å². The summed E-state index contributed by atoms with van der Waals surface area (Å²) in [6.45, 7) is 4.44. The number of likely N-dealkylation sites (N-methyl/N-ethyl adjacent to an activating group) is 1. The minimum atomic E-state index is -1.06. The van der Waals surface area contributed by atoms with E-state index in [0.717, 1.165) is 6.07 Å². The smallest absolute Gasteiger partial charge is 0.339 e. The largest absolute Gasteiger partial charge is 0.449 e. The van der Waals surface area contributed by atoms with Crippen LogP contribution in [0.2, 0.25) is 0 Å². The van der Waals surface area contributed by atoms with Gasteiger partial charge < -0.3 is 19.7 Å². The van der Waals surface area contributed by atoms with Crippen LogP contribution in [0.25, 0.3) is 0 Å². The highest BCUT2D eigenvalue weighted by Gasteiger charge is 2.26. The first-order chi connectivity index (χ1) is 14.4. The van der Waals surface area contributed by atoms with Crippen molar-refractivity contribution in [1.82, 2.24) is 0 Å². The van der Waals surface area contributed by atoms with Gasteiger partial charge in [-0.2, -0.15) is 0 Å². The van der Waals surface area contributed by atoms with Crippen molar-refractivity contribution in [1.29, 1.82) is 0 Å². The van der Waals surface area contributed by atoms with Gasteiger partial charge in [0.05, 0.1) is 17.1 Å². The van der Waals surface area contributed by atoms with Crippen molar-refractivity contribution in [3.8, 4) is 0 Å². The van der Waals surface area contributed by atoms with Crippen LogP contribution in [0.1, 0.15) is 24.2 Å². The van der Waals surface area contributed by atoms with Crippen molar-refractivity contribution >= 4 is 28.9 Å². The topological polar surface area (TPSA) is 111 Å². The van der Waals surface area contributed by atoms with Crippen molar-refractivity contribution in [2.75, 3.05) is 37.0 Å². The Morgan fingerprint density at radius 3 is 2.50 bits per heavy atom. The molecule has 0 aliphatic heterocycles. The van der Waals surface area contributed by atoms with Gasteiger partial charge >= 0.3 is 5.97 Å². The number of nitrogens with zero attached hydrogens (tertiary/aromatic N) is 2. The lowest BCUT2D eigenvalue weighted by Crippen LogP contribution is -2.40. The lowest BCUT2D eigenvalue weighted by atomic mass is 10.1. The molecule has 2 aromatic carbocycles. The number of para-hydroxylation sites is 1. The number of rotatable bonds is 10. The van der Waals surface area contributed by atoms with Crippen molar-refractivity contribution in [2.24, 2.45) is 0 Å². The number of carbonyl (C=O) groups excluding carboxylic acids is 2. The minimum absolute atomic E-state index is 0.0126. The molecule has 1 atom stereocenters. The van der Waals surface area contributed by atoms with Crippen LogP contribution >= 0.6 is 0 Å². The van der Waals surface area contributed by atoms with Crippen molar-refractivity contribution < 1.29 is 24.0 Å². The van der Waals surface area contributed by atoms with Gasteiger partial charge in [0.15, 0.2) is 6.10 Å². The van der Waals surface area contributed by atoms with E-state index in [1.165, 1.54) is 31.1 Å². The number of hydrogen-bond acceptors (Lipinski definition) is 7. The van der Waals surface area contributed by atoms with Crippen LogP contribution in [0.5, 0.6) is 0 Å². The summed E-state index contributed by atoms with van der Waals surface area (Å²) < 4.78 is 10.2. The number of carbonyl (C=O) groups is 2. The number of anilines is 2. The highest BCUT2D eigenvalue weighted by atomic mass is 16.6. The average Bonchev–Trinajstić information content (AvgIpc) is 2.75. The van der Waals surface area contributed by atoms with Crippen LogP contribution in [0.15, 0.2) is 48.5 Å². The molecule has 1 N–H and O–H groups in total. The Kier molecular flexibility index (Phi) is 8.30. The van der Waals surface area contributed by atoms with E-state index in [0.29, 0.717) is 25.4 Å². The molecule has 2 aromatic rings. The molecular formula is C21H25N3O6. The highest BCUT2D eigenvalue weighted by Crippen LogP contribution is 2.26. The van der Waals surface area contributed by atoms with E-state index in [9.17, 15) is 19.7 Å². The van der Waals surface area contributed by atoms with Gasteiger partial charge in [0, 0.05) is 32.0 Å². The third-order valence-electron chi connectivity index (χ3n) is 4.33. The molecule has 9 heteroatoms. The molecule has 0 saturated heterocycles. The Morgan fingerprint density at radius 1 is 1.20 bits per heavy atom. The monoisotopic (exact) mass is 415 g/mol. The number of benzene rings is 2. The standard InChI is InChI=1S/C21H25N3O6/c1-4-23(17-8-6-5-7-9-17)20(25)15(2)30-21(26)16-10-11-18(22-12-13-29-3)19(14-16)24(27)28/h5-11,14-15,22H,4,12-13H2,1-3H3/t15-/m1/s1. The Hall–Kier alpha value is -3.46. The fourth-order valence-corrected chi connectivity index (χ4v) is 2.82. The summed E-state index contributed by atoms with van der Waals surface area (Å²) in [7, 11) is 1.52. The predicted octanol–water partition coefficient (Wildman–Crippen LogP) is 3.25. The molecular weight excluding hydrogens is 390 g/mol. The number of amides is 1. The summed E-state index contributed by atoms with van der Waals surface area (Å²) in [4.78, 5) is 37.5. The lowest BCUT2D eigenvalue weighted by Gasteiger charge is -2.24. The van der Waals surface area contributed by atoms with Crippen LogP contribution in [0.4, 0.5) is 17.1 Å². The number of esters is 1. The van der Waals surface area contributed by atoms with Gasteiger partial charge in [-0.25, -0.2) is 4.79 Å². The molecule has 0 unspecified atom stereocenters. The summed E-state index contributed by atoms with van der Waals surface area (Å²) in [6, 6.07) is 13.0. The summed E-state index contributed by atoms with van der Waals surface area (Å²) in [5, 5.41) is 14.2. The van der Waals surface area contributed by atoms with Gasteiger partial charge in [0.1, 0.15) is 5.69 Å². The van der Waals surface area contributed by atoms with Gasteiger partial charge in [-0.3, -0.25) is 14.9 Å². The van der Waals surface area contributed by atoms with Gasteiger partial charge in [-0.05, 0) is 38.1 Å². The first kappa shape index (κ1) is 22.8. The van der Waals surface area contributed by atoms with Gasteiger partial charge in [0.2, 0.25) is 0 Å². The number of methoxy groups -OCH3 is 1. The second-order valence-electron chi connectivity index (χ2n) is 6.37. The summed E-state index contributed by atoms with van der Waals surface area (Å²) in [6.07, 6.45) is -1.06. The number of ether oxygens (including phenoxy) is 2. The number of nitro groups is 1. The minimum Gasteiger partial charge on any atom is -0.449 e. The second-order valence-corrected chi connectivity index (χ2v) is 6.37. The van der Waals surface area contributed by atoms with E-state index in [1.54, 1.807) is 12.1 Å². The first-order valence-corrected chi connectivity index (χ1v) is 9.47. The molecule has 0 aliphatic rings. The molecule has 9 nitrogen and oxygen atoms in total. The maximum Gasteiger partial charge on any atom is 0.339 e. The molecule has 0 spiro atoms. The van der Waals surface area contributed by atoms with Crippen LogP contribution in [-0.2, 0) is 14.3 Å². The SMILES string of the molecule is CCN(C(=O)[C@@H](C)OC(=O)c1ccc(NCCOC)c([N+](=O)[O-])c1)c1ccccc1. The third-order valence-corrected chi connectivity index (χ3v) is 4.33. The summed E-state index contributed by atoms with van der Waals surface area (Å²) in [5.41, 5.74) is 0.675. The van der Waals surface area contributed by atoms with Crippen LogP contribution < -0.4 is 10.2 Å². The van der Waals surface area contributed by atoms with E-state index in [2.05, 4.69) is 5.32 Å². The molecule has 0 fully saturated rings. The van der Waals surface area contributed by atoms with Crippen molar-refractivity contribution in [3.05, 3.63) is 64.2 Å². The molecule has 0 heterocycles. The number of hydrogen-bond donors (Lipinski definition) is 1. The third kappa shape index (κ3) is 5.77. The molecule has 160 valence electrons. The first-order valence-electron chi connectivity index (χ1n) is 9.47.